The topological polar surface area (TPSA) is 57.2 Å². The van der Waals surface area contributed by atoms with E-state index in [-0.39, 0.29) is 56.3 Å². The zero-order valence-electron chi connectivity index (χ0n) is 21.3. The number of fused-ring (bicyclic) bond motifs is 1. The van der Waals surface area contributed by atoms with Gasteiger partial charge in [-0.3, -0.25) is 0 Å². The second-order valence-electron chi connectivity index (χ2n) is 9.31. The summed E-state index contributed by atoms with van der Waals surface area (Å²) in [6.07, 6.45) is 18.7. The van der Waals surface area contributed by atoms with E-state index < -0.39 is 10.1 Å². The summed E-state index contributed by atoms with van der Waals surface area (Å²) in [5, 5.41) is 1.54. The van der Waals surface area contributed by atoms with Gasteiger partial charge in [-0.25, -0.2) is 8.42 Å². The van der Waals surface area contributed by atoms with Crippen LogP contribution < -0.4 is 51.4 Å². The average Bonchev–Trinajstić information content (AvgIpc) is 2.76. The van der Waals surface area contributed by atoms with Crippen LogP contribution >= 0.6 is 0 Å². The van der Waals surface area contributed by atoms with E-state index in [9.17, 15) is 13.0 Å². The summed E-state index contributed by atoms with van der Waals surface area (Å²) in [6, 6.07) is 9.68. The van der Waals surface area contributed by atoms with Crippen LogP contribution in [0, 0.1) is 0 Å². The maximum atomic E-state index is 12.1. The molecule has 0 radical (unpaired) electrons. The Morgan fingerprint density at radius 2 is 1.21 bits per heavy atom. The standard InChI is InChI=1S/C28H44O3S.K/c1-3-5-7-9-11-13-15-18-24-22-26-21-17-20-25(19-16-14-12-10-8-6-4-2)28(26)27(23-24)32(29,30)31;/h17,20-23H,3-16,18-19H2,1-2H3,(H,29,30,31);/q;+1/p-1. The molecule has 0 amide bonds. The zero-order chi connectivity index (χ0) is 23.2. The fraction of sp³-hybridized carbons (Fsp3) is 0.643. The number of unbranched alkanes of at least 4 members (excludes halogenated alkanes) is 12. The van der Waals surface area contributed by atoms with Crippen molar-refractivity contribution in [3.8, 4) is 0 Å². The summed E-state index contributed by atoms with van der Waals surface area (Å²) in [6.45, 7) is 4.45. The summed E-state index contributed by atoms with van der Waals surface area (Å²) in [5.41, 5.74) is 1.96. The molecule has 180 valence electrons. The summed E-state index contributed by atoms with van der Waals surface area (Å²) in [4.78, 5) is -0.0218. The molecule has 0 aliphatic carbocycles. The number of rotatable bonds is 17. The minimum atomic E-state index is -4.52. The molecule has 5 heteroatoms. The Balaban J connectivity index is 0.00000544. The Labute approximate surface area is 245 Å². The molecule has 2 rings (SSSR count). The van der Waals surface area contributed by atoms with Crippen LogP contribution in [0.3, 0.4) is 0 Å². The molecule has 0 heterocycles. The molecule has 2 aromatic rings. The van der Waals surface area contributed by atoms with Crippen LogP contribution in [0.25, 0.3) is 10.8 Å². The molecule has 0 unspecified atom stereocenters. The third kappa shape index (κ3) is 11.7. The van der Waals surface area contributed by atoms with E-state index in [1.807, 2.05) is 18.2 Å². The van der Waals surface area contributed by atoms with Gasteiger partial charge in [0, 0.05) is 5.39 Å². The van der Waals surface area contributed by atoms with Crippen LogP contribution in [0.4, 0.5) is 0 Å². The zero-order valence-corrected chi connectivity index (χ0v) is 25.3. The smallest absolute Gasteiger partial charge is 0.744 e. The van der Waals surface area contributed by atoms with E-state index in [2.05, 4.69) is 19.9 Å². The first kappa shape index (κ1) is 31.3. The number of aryl methyl sites for hydroxylation is 2. The molecule has 0 aliphatic heterocycles. The van der Waals surface area contributed by atoms with Crippen molar-refractivity contribution in [1.29, 1.82) is 0 Å². The second-order valence-corrected chi connectivity index (χ2v) is 10.7. The molecule has 0 spiro atoms. The van der Waals surface area contributed by atoms with Gasteiger partial charge >= 0.3 is 51.4 Å². The van der Waals surface area contributed by atoms with Gasteiger partial charge in [-0.1, -0.05) is 115 Å². The Bertz CT molecular complexity index is 909. The third-order valence-electron chi connectivity index (χ3n) is 6.47. The normalized spacial score (nSPS) is 11.6. The van der Waals surface area contributed by atoms with Gasteiger partial charge in [-0.2, -0.15) is 0 Å². The fourth-order valence-corrected chi connectivity index (χ4v) is 5.43. The summed E-state index contributed by atoms with van der Waals surface area (Å²) in [5.74, 6) is 0. The van der Waals surface area contributed by atoms with E-state index in [0.717, 1.165) is 55.0 Å². The van der Waals surface area contributed by atoms with E-state index in [1.54, 1.807) is 6.07 Å². The van der Waals surface area contributed by atoms with Gasteiger partial charge in [0.05, 0.1) is 4.90 Å². The summed E-state index contributed by atoms with van der Waals surface area (Å²) >= 11 is 0. The molecule has 0 aromatic heterocycles. The van der Waals surface area contributed by atoms with Crippen LogP contribution in [0.15, 0.2) is 35.2 Å². The van der Waals surface area contributed by atoms with E-state index in [1.165, 1.54) is 64.2 Å². The van der Waals surface area contributed by atoms with Gasteiger partial charge < -0.3 is 4.55 Å². The first-order chi connectivity index (χ1) is 15.5. The minimum absolute atomic E-state index is 0. The maximum Gasteiger partial charge on any atom is 1.00 e. The Morgan fingerprint density at radius 3 is 1.76 bits per heavy atom. The molecule has 0 saturated carbocycles. The molecule has 0 atom stereocenters. The van der Waals surface area contributed by atoms with Crippen molar-refractivity contribution >= 4 is 20.9 Å². The predicted octanol–water partition coefficient (Wildman–Crippen LogP) is 5.33. The van der Waals surface area contributed by atoms with Gasteiger partial charge in [0.15, 0.2) is 0 Å². The number of hydrogen-bond donors (Lipinski definition) is 0. The van der Waals surface area contributed by atoms with Gasteiger partial charge in [-0.15, -0.1) is 0 Å². The minimum Gasteiger partial charge on any atom is -0.744 e. The molecule has 0 aliphatic rings. The third-order valence-corrected chi connectivity index (χ3v) is 7.34. The molecule has 0 bridgehead atoms. The first-order valence-electron chi connectivity index (χ1n) is 13.0. The molecule has 0 fully saturated rings. The quantitative estimate of drug-likeness (QED) is 0.168. The second kappa shape index (κ2) is 17.6. The molecule has 3 nitrogen and oxygen atoms in total. The molecular formula is C28H43KO3S. The Morgan fingerprint density at radius 1 is 0.697 bits per heavy atom. The van der Waals surface area contributed by atoms with E-state index in [0.29, 0.717) is 5.39 Å². The van der Waals surface area contributed by atoms with Gasteiger partial charge in [0.1, 0.15) is 10.1 Å². The van der Waals surface area contributed by atoms with Gasteiger partial charge in [-0.05, 0) is 48.3 Å². The Hall–Kier alpha value is 0.246. The Kier molecular flexibility index (Phi) is 16.7. The van der Waals surface area contributed by atoms with E-state index in [4.69, 9.17) is 0 Å². The average molecular weight is 499 g/mol. The van der Waals surface area contributed by atoms with Crippen molar-refractivity contribution in [3.63, 3.8) is 0 Å². The fourth-order valence-electron chi connectivity index (χ4n) is 4.63. The molecule has 2 aromatic carbocycles. The number of benzene rings is 2. The summed E-state index contributed by atoms with van der Waals surface area (Å²) in [7, 11) is -4.52. The number of hydrogen-bond acceptors (Lipinski definition) is 3. The van der Waals surface area contributed by atoms with Crippen LogP contribution in [0.1, 0.15) is 115 Å². The molecule has 0 N–H and O–H groups in total. The van der Waals surface area contributed by atoms with Crippen molar-refractivity contribution in [3.05, 3.63) is 41.5 Å². The van der Waals surface area contributed by atoms with Crippen LogP contribution in [0.2, 0.25) is 0 Å². The van der Waals surface area contributed by atoms with Gasteiger partial charge in [0.25, 0.3) is 0 Å². The molecule has 0 saturated heterocycles. The van der Waals surface area contributed by atoms with Crippen molar-refractivity contribution in [2.24, 2.45) is 0 Å². The SMILES string of the molecule is CCCCCCCCCc1cc(S(=O)(=O)[O-])c2c(CCCCCCCCC)cccc2c1.[K+]. The van der Waals surface area contributed by atoms with Crippen LogP contribution in [-0.2, 0) is 23.0 Å². The predicted molar refractivity (Wildman–Crippen MR) is 135 cm³/mol. The summed E-state index contributed by atoms with van der Waals surface area (Å²) < 4.78 is 36.4. The monoisotopic (exact) mass is 498 g/mol. The van der Waals surface area contributed by atoms with Gasteiger partial charge in [0.2, 0.25) is 0 Å². The largest absolute Gasteiger partial charge is 1.00 e. The van der Waals surface area contributed by atoms with Crippen LogP contribution in [-0.4, -0.2) is 13.0 Å². The van der Waals surface area contributed by atoms with Crippen molar-refractivity contribution in [1.82, 2.24) is 0 Å². The van der Waals surface area contributed by atoms with Crippen molar-refractivity contribution in [2.45, 2.75) is 121 Å². The van der Waals surface area contributed by atoms with E-state index >= 15 is 0 Å². The first-order valence-corrected chi connectivity index (χ1v) is 14.4. The van der Waals surface area contributed by atoms with Crippen molar-refractivity contribution in [2.75, 3.05) is 0 Å². The van der Waals surface area contributed by atoms with Crippen LogP contribution in [0.5, 0.6) is 0 Å². The molecular weight excluding hydrogens is 455 g/mol. The molecule has 33 heavy (non-hydrogen) atoms. The maximum absolute atomic E-state index is 12.1. The van der Waals surface area contributed by atoms with Crippen molar-refractivity contribution < 1.29 is 64.4 Å².